The van der Waals surface area contributed by atoms with Crippen LogP contribution in [-0.2, 0) is 42.7 Å². The van der Waals surface area contributed by atoms with Crippen LogP contribution in [0.1, 0.15) is 108 Å². The Morgan fingerprint density at radius 1 is 0.969 bits per heavy atom. The van der Waals surface area contributed by atoms with Crippen molar-refractivity contribution < 1.29 is 73.4 Å². The minimum atomic E-state index is -1.84. The maximum absolute atomic E-state index is 14.5. The van der Waals surface area contributed by atoms with Crippen LogP contribution >= 0.6 is 0 Å². The van der Waals surface area contributed by atoms with Gasteiger partial charge in [0.1, 0.15) is 30.0 Å². The highest BCUT2D eigenvalue weighted by Crippen LogP contribution is 2.40. The Labute approximate surface area is 382 Å². The Bertz CT molecular complexity index is 1450. The number of aliphatic hydroxyl groups excluding tert-OH is 4. The lowest BCUT2D eigenvalue weighted by Gasteiger charge is -2.49. The van der Waals surface area contributed by atoms with Crippen molar-refractivity contribution >= 4 is 11.9 Å². The third-order valence-electron chi connectivity index (χ3n) is 14.3. The van der Waals surface area contributed by atoms with Crippen molar-refractivity contribution in [2.24, 2.45) is 23.2 Å². The SMILES string of the molecule is CC[C@H]1OC(=O)[C@H](C)[C@@H](O[C@H]2C[C@@](C)(OC)[C@@H](O)[C@H](C)O2)[C@H](C)[C@@H](O[C@@H]2O[C@H](C)C[C@H](N(C)C)[C@H]2OCCCNC(=O)C(C)(CO)CO)[C@](C)(O)C[C@@H](C)CN(C)[C@H](C)[C@@H](O)[C@]1(C)O. The molecule has 18 heteroatoms. The molecule has 18 atom stereocenters. The first-order valence-electron chi connectivity index (χ1n) is 23.3. The first-order chi connectivity index (χ1) is 29.6. The molecule has 0 aromatic heterocycles. The van der Waals surface area contributed by atoms with Crippen LogP contribution in [0.3, 0.4) is 0 Å². The lowest BCUT2D eigenvalue weighted by Crippen LogP contribution is -2.61. The molecule has 0 saturated carbocycles. The standard InChI is InChI=1S/C46H87N3O15/c1-16-33-46(11,57)37(52)30(6)49(14)23-26(2)21-44(9,56)39(28(4)35(29(5)40(54)62-33)63-34-22-45(10,58-15)38(53)31(7)61-34)64-41-36(32(48(12)13)20-27(3)60-41)59-19-17-18-47-42(55)43(8,24-50)25-51/h26-39,41,50-53,56-57H,16-25H2,1-15H3,(H,47,55)/t26-,27-,28+,29-,30-,31+,32+,33-,34+,35+,36-,37-,38+,39-,41+,44-,45-,46-/m1/s1. The molecular weight excluding hydrogens is 835 g/mol. The molecule has 3 aliphatic heterocycles. The van der Waals surface area contributed by atoms with E-state index in [0.717, 1.165) is 0 Å². The minimum Gasteiger partial charge on any atom is -0.459 e. The highest BCUT2D eigenvalue weighted by atomic mass is 16.7. The zero-order valence-corrected chi connectivity index (χ0v) is 41.5. The Morgan fingerprint density at radius 2 is 1.59 bits per heavy atom. The van der Waals surface area contributed by atoms with Gasteiger partial charge in [-0.3, -0.25) is 9.59 Å². The predicted molar refractivity (Wildman–Crippen MR) is 238 cm³/mol. The maximum Gasteiger partial charge on any atom is 0.311 e. The number of rotatable bonds is 15. The van der Waals surface area contributed by atoms with E-state index in [-0.39, 0.29) is 50.5 Å². The summed E-state index contributed by atoms with van der Waals surface area (Å²) in [6.45, 7) is 18.9. The van der Waals surface area contributed by atoms with Crippen LogP contribution in [0.5, 0.6) is 0 Å². The van der Waals surface area contributed by atoms with E-state index in [0.29, 0.717) is 19.4 Å². The van der Waals surface area contributed by atoms with Gasteiger partial charge in [-0.05, 0) is 108 Å². The number of carbonyl (C=O) groups excluding carboxylic acids is 2. The van der Waals surface area contributed by atoms with Crippen LogP contribution in [0, 0.1) is 23.2 Å². The zero-order chi connectivity index (χ0) is 48.7. The molecule has 7 N–H and O–H groups in total. The summed E-state index contributed by atoms with van der Waals surface area (Å²) in [5.41, 5.74) is -5.83. The molecule has 0 spiro atoms. The number of carbonyl (C=O) groups is 2. The number of ether oxygens (including phenoxy) is 7. The third-order valence-corrected chi connectivity index (χ3v) is 14.3. The fraction of sp³-hybridized carbons (Fsp3) is 0.957. The van der Waals surface area contributed by atoms with Gasteiger partial charge in [-0.1, -0.05) is 20.8 Å². The molecule has 1 amide bonds. The zero-order valence-electron chi connectivity index (χ0n) is 41.5. The van der Waals surface area contributed by atoms with Gasteiger partial charge in [0.05, 0.1) is 60.2 Å². The Kier molecular flexibility index (Phi) is 20.9. The highest BCUT2D eigenvalue weighted by molar-refractivity contribution is 5.82. The van der Waals surface area contributed by atoms with E-state index in [1.165, 1.54) is 21.0 Å². The molecule has 3 aliphatic rings. The van der Waals surface area contributed by atoms with E-state index in [4.69, 9.17) is 33.2 Å². The molecule has 0 radical (unpaired) electrons. The summed E-state index contributed by atoms with van der Waals surface area (Å²) in [4.78, 5) is 31.1. The normalized spacial score (nSPS) is 42.7. The maximum atomic E-state index is 14.5. The van der Waals surface area contributed by atoms with Crippen molar-refractivity contribution in [1.29, 1.82) is 0 Å². The molecule has 0 unspecified atom stereocenters. The molecule has 18 nitrogen and oxygen atoms in total. The minimum absolute atomic E-state index is 0.102. The van der Waals surface area contributed by atoms with Gasteiger partial charge in [0, 0.05) is 51.2 Å². The number of nitrogens with one attached hydrogen (secondary N) is 1. The summed E-state index contributed by atoms with van der Waals surface area (Å²) in [6.07, 6.45) is -7.75. The van der Waals surface area contributed by atoms with Crippen LogP contribution in [0.25, 0.3) is 0 Å². The molecule has 3 saturated heterocycles. The first-order valence-corrected chi connectivity index (χ1v) is 23.3. The number of amides is 1. The lowest BCUT2D eigenvalue weighted by molar-refractivity contribution is -0.321. The topological polar surface area (TPSA) is 239 Å². The molecule has 0 aromatic rings. The number of hydrogen-bond donors (Lipinski definition) is 7. The second-order valence-electron chi connectivity index (χ2n) is 20.5. The van der Waals surface area contributed by atoms with Gasteiger partial charge in [0.15, 0.2) is 12.6 Å². The van der Waals surface area contributed by atoms with E-state index in [1.807, 2.05) is 51.7 Å². The number of likely N-dealkylation sites (N-methyl/N-ethyl adjacent to an activating group) is 2. The molecule has 3 heterocycles. The summed E-state index contributed by atoms with van der Waals surface area (Å²) in [5, 5.41) is 69.5. The van der Waals surface area contributed by atoms with E-state index < -0.39 is 120 Å². The number of hydrogen-bond acceptors (Lipinski definition) is 17. The van der Waals surface area contributed by atoms with Crippen molar-refractivity contribution in [2.75, 3.05) is 61.2 Å². The van der Waals surface area contributed by atoms with Gasteiger partial charge >= 0.3 is 5.97 Å². The smallest absolute Gasteiger partial charge is 0.311 e. The molecule has 64 heavy (non-hydrogen) atoms. The number of aliphatic hydroxyl groups is 6. The average molecular weight is 922 g/mol. The summed E-state index contributed by atoms with van der Waals surface area (Å²) in [7, 11) is 7.21. The number of nitrogens with zero attached hydrogens (tertiary/aromatic N) is 2. The lowest BCUT2D eigenvalue weighted by atomic mass is 9.77. The monoisotopic (exact) mass is 922 g/mol. The van der Waals surface area contributed by atoms with Crippen LogP contribution in [0.2, 0.25) is 0 Å². The second kappa shape index (κ2) is 23.6. The summed E-state index contributed by atoms with van der Waals surface area (Å²) in [6, 6.07) is -0.774. The Morgan fingerprint density at radius 3 is 2.16 bits per heavy atom. The largest absolute Gasteiger partial charge is 0.459 e. The van der Waals surface area contributed by atoms with Crippen LogP contribution in [0.15, 0.2) is 0 Å². The fourth-order valence-electron chi connectivity index (χ4n) is 9.80. The van der Waals surface area contributed by atoms with Gasteiger partial charge < -0.3 is 78.9 Å². The van der Waals surface area contributed by atoms with E-state index in [2.05, 4.69) is 5.32 Å². The van der Waals surface area contributed by atoms with Gasteiger partial charge in [-0.2, -0.15) is 0 Å². The molecule has 376 valence electrons. The number of cyclic esters (lactones) is 1. The van der Waals surface area contributed by atoms with Crippen molar-refractivity contribution in [2.45, 2.75) is 199 Å². The predicted octanol–water partition coefficient (Wildman–Crippen LogP) is 1.42. The van der Waals surface area contributed by atoms with Gasteiger partial charge in [-0.15, -0.1) is 0 Å². The third kappa shape index (κ3) is 13.5. The van der Waals surface area contributed by atoms with E-state index in [1.54, 1.807) is 41.5 Å². The van der Waals surface area contributed by atoms with Crippen molar-refractivity contribution in [3.63, 3.8) is 0 Å². The molecule has 0 aromatic carbocycles. The number of methoxy groups -OCH3 is 1. The quantitative estimate of drug-likeness (QED) is 0.0909. The van der Waals surface area contributed by atoms with E-state index >= 15 is 0 Å². The Balaban J connectivity index is 2.14. The molecule has 0 bridgehead atoms. The second-order valence-corrected chi connectivity index (χ2v) is 20.5. The van der Waals surface area contributed by atoms with Crippen molar-refractivity contribution in [3.05, 3.63) is 0 Å². The van der Waals surface area contributed by atoms with Gasteiger partial charge in [-0.25, -0.2) is 0 Å². The molecule has 0 aliphatic carbocycles. The van der Waals surface area contributed by atoms with Crippen molar-refractivity contribution in [1.82, 2.24) is 15.1 Å². The molecule has 3 fully saturated rings. The summed E-state index contributed by atoms with van der Waals surface area (Å²) >= 11 is 0. The first kappa shape index (κ1) is 56.7. The summed E-state index contributed by atoms with van der Waals surface area (Å²) in [5.74, 6) is -3.22. The summed E-state index contributed by atoms with van der Waals surface area (Å²) < 4.78 is 45.2. The van der Waals surface area contributed by atoms with Gasteiger partial charge in [0.2, 0.25) is 5.91 Å². The van der Waals surface area contributed by atoms with Crippen LogP contribution in [-0.4, -0.2) is 204 Å². The number of esters is 1. The molecular formula is C46H87N3O15. The average Bonchev–Trinajstić information content (AvgIpc) is 3.23. The highest BCUT2D eigenvalue weighted by Gasteiger charge is 2.53. The fourth-order valence-corrected chi connectivity index (χ4v) is 9.80. The van der Waals surface area contributed by atoms with E-state index in [9.17, 15) is 40.2 Å². The van der Waals surface area contributed by atoms with Crippen LogP contribution < -0.4 is 5.32 Å². The van der Waals surface area contributed by atoms with Crippen LogP contribution in [0.4, 0.5) is 0 Å². The van der Waals surface area contributed by atoms with Gasteiger partial charge in [0.25, 0.3) is 0 Å². The Hall–Kier alpha value is -1.62. The molecule has 3 rings (SSSR count). The van der Waals surface area contributed by atoms with Crippen molar-refractivity contribution in [3.8, 4) is 0 Å².